The molecule has 4 atom stereocenters. The van der Waals surface area contributed by atoms with Crippen LogP contribution < -0.4 is 0 Å². The summed E-state index contributed by atoms with van der Waals surface area (Å²) in [4.78, 5) is 12.0. The van der Waals surface area contributed by atoms with Gasteiger partial charge in [0, 0.05) is 6.04 Å². The maximum absolute atomic E-state index is 5.49. The zero-order valence-corrected chi connectivity index (χ0v) is 7.69. The fourth-order valence-electron chi connectivity index (χ4n) is 1.77. The monoisotopic (exact) mass is 173 g/mol. The van der Waals surface area contributed by atoms with Crippen molar-refractivity contribution in [3.8, 4) is 0 Å². The van der Waals surface area contributed by atoms with Crippen molar-refractivity contribution in [1.29, 1.82) is 0 Å². The SMILES string of the molecule is CC1CC(N(C)C)C2OOC2O1. The number of fused-ring (bicyclic) bond motifs is 1. The van der Waals surface area contributed by atoms with E-state index < -0.39 is 0 Å². The lowest BCUT2D eigenvalue weighted by molar-refractivity contribution is -0.540. The van der Waals surface area contributed by atoms with Gasteiger partial charge in [-0.3, -0.25) is 0 Å². The van der Waals surface area contributed by atoms with Crippen LogP contribution in [0.2, 0.25) is 0 Å². The van der Waals surface area contributed by atoms with Gasteiger partial charge in [-0.2, -0.15) is 0 Å². The Morgan fingerprint density at radius 1 is 1.25 bits per heavy atom. The van der Waals surface area contributed by atoms with Crippen LogP contribution >= 0.6 is 0 Å². The van der Waals surface area contributed by atoms with Gasteiger partial charge in [0.05, 0.1) is 6.10 Å². The van der Waals surface area contributed by atoms with Gasteiger partial charge in [-0.15, -0.1) is 0 Å². The lowest BCUT2D eigenvalue weighted by Gasteiger charge is -2.47. The number of nitrogens with zero attached hydrogens (tertiary/aromatic N) is 1. The molecule has 4 nitrogen and oxygen atoms in total. The molecule has 4 heteroatoms. The molecule has 2 aliphatic rings. The molecule has 70 valence electrons. The van der Waals surface area contributed by atoms with E-state index >= 15 is 0 Å². The first-order valence-electron chi connectivity index (χ1n) is 4.32. The number of hydrogen-bond acceptors (Lipinski definition) is 4. The molecule has 0 N–H and O–H groups in total. The summed E-state index contributed by atoms with van der Waals surface area (Å²) < 4.78 is 5.49. The van der Waals surface area contributed by atoms with Crippen molar-refractivity contribution in [2.24, 2.45) is 0 Å². The molecule has 2 saturated heterocycles. The molecule has 0 saturated carbocycles. The fraction of sp³-hybridized carbons (Fsp3) is 1.00. The average molecular weight is 173 g/mol. The Morgan fingerprint density at radius 3 is 2.50 bits per heavy atom. The summed E-state index contributed by atoms with van der Waals surface area (Å²) in [5.41, 5.74) is 0. The van der Waals surface area contributed by atoms with Crippen LogP contribution in [0.25, 0.3) is 0 Å². The molecule has 0 aromatic carbocycles. The van der Waals surface area contributed by atoms with Gasteiger partial charge in [0.25, 0.3) is 0 Å². The van der Waals surface area contributed by atoms with Crippen LogP contribution in [0.1, 0.15) is 13.3 Å². The number of rotatable bonds is 1. The quantitative estimate of drug-likeness (QED) is 0.536. The second kappa shape index (κ2) is 2.96. The Morgan fingerprint density at radius 2 is 2.00 bits per heavy atom. The van der Waals surface area contributed by atoms with E-state index in [0.717, 1.165) is 6.42 Å². The molecule has 0 amide bonds. The third-order valence-corrected chi connectivity index (χ3v) is 2.51. The molecule has 0 aliphatic carbocycles. The van der Waals surface area contributed by atoms with Crippen LogP contribution in [-0.2, 0) is 14.5 Å². The first-order valence-corrected chi connectivity index (χ1v) is 4.32. The fourth-order valence-corrected chi connectivity index (χ4v) is 1.77. The highest BCUT2D eigenvalue weighted by atomic mass is 17.3. The van der Waals surface area contributed by atoms with Crippen molar-refractivity contribution in [3.63, 3.8) is 0 Å². The first kappa shape index (κ1) is 8.44. The summed E-state index contributed by atoms with van der Waals surface area (Å²) in [6.45, 7) is 2.06. The smallest absolute Gasteiger partial charge is 0.222 e. The van der Waals surface area contributed by atoms with Gasteiger partial charge in [-0.05, 0) is 27.4 Å². The van der Waals surface area contributed by atoms with Crippen molar-refractivity contribution >= 4 is 0 Å². The Kier molecular flexibility index (Phi) is 2.08. The number of likely N-dealkylation sites (N-methyl/N-ethyl adjacent to an activating group) is 1. The van der Waals surface area contributed by atoms with Crippen LogP contribution in [0.5, 0.6) is 0 Å². The van der Waals surface area contributed by atoms with Gasteiger partial charge in [0.1, 0.15) is 0 Å². The molecule has 0 bridgehead atoms. The predicted molar refractivity (Wildman–Crippen MR) is 42.4 cm³/mol. The zero-order valence-electron chi connectivity index (χ0n) is 7.69. The van der Waals surface area contributed by atoms with E-state index in [1.165, 1.54) is 0 Å². The summed E-state index contributed by atoms with van der Waals surface area (Å²) in [7, 11) is 4.11. The highest BCUT2D eigenvalue weighted by Gasteiger charge is 2.48. The number of hydrogen-bond donors (Lipinski definition) is 0. The summed E-state index contributed by atoms with van der Waals surface area (Å²) in [6.07, 6.45) is 1.25. The van der Waals surface area contributed by atoms with E-state index in [-0.39, 0.29) is 18.5 Å². The zero-order chi connectivity index (χ0) is 8.72. The van der Waals surface area contributed by atoms with Crippen molar-refractivity contribution in [1.82, 2.24) is 4.90 Å². The van der Waals surface area contributed by atoms with Crippen molar-refractivity contribution in [3.05, 3.63) is 0 Å². The van der Waals surface area contributed by atoms with Gasteiger partial charge in [-0.25, -0.2) is 9.78 Å². The topological polar surface area (TPSA) is 30.9 Å². The highest BCUT2D eigenvalue weighted by molar-refractivity contribution is 4.88. The molecule has 2 rings (SSSR count). The summed E-state index contributed by atoms with van der Waals surface area (Å²) in [5, 5.41) is 0. The molecule has 2 fully saturated rings. The normalized spacial score (nSPS) is 47.0. The van der Waals surface area contributed by atoms with Crippen molar-refractivity contribution in [2.75, 3.05) is 14.1 Å². The van der Waals surface area contributed by atoms with Crippen LogP contribution in [0.4, 0.5) is 0 Å². The largest absolute Gasteiger partial charge is 0.344 e. The minimum atomic E-state index is -0.138. The van der Waals surface area contributed by atoms with Crippen molar-refractivity contribution < 1.29 is 14.5 Å². The third kappa shape index (κ3) is 1.25. The van der Waals surface area contributed by atoms with Gasteiger partial charge < -0.3 is 9.64 Å². The Hall–Kier alpha value is -0.160. The Labute approximate surface area is 72.3 Å². The molecule has 2 heterocycles. The van der Waals surface area contributed by atoms with E-state index in [0.29, 0.717) is 6.04 Å². The Balaban J connectivity index is 2.02. The minimum Gasteiger partial charge on any atom is -0.344 e. The second-order valence-corrected chi connectivity index (χ2v) is 3.74. The minimum absolute atomic E-state index is 0.108. The van der Waals surface area contributed by atoms with Gasteiger partial charge in [-0.1, -0.05) is 0 Å². The molecule has 0 radical (unpaired) electrons. The van der Waals surface area contributed by atoms with E-state index in [1.54, 1.807) is 0 Å². The molecule has 0 aromatic rings. The van der Waals surface area contributed by atoms with Crippen LogP contribution in [-0.4, -0.2) is 43.5 Å². The van der Waals surface area contributed by atoms with Crippen LogP contribution in [0.3, 0.4) is 0 Å². The van der Waals surface area contributed by atoms with Gasteiger partial charge >= 0.3 is 0 Å². The van der Waals surface area contributed by atoms with E-state index in [4.69, 9.17) is 14.5 Å². The summed E-state index contributed by atoms with van der Waals surface area (Å²) in [6, 6.07) is 0.424. The van der Waals surface area contributed by atoms with Crippen LogP contribution in [0, 0.1) is 0 Å². The molecule has 2 aliphatic heterocycles. The summed E-state index contributed by atoms with van der Waals surface area (Å²) >= 11 is 0. The molecular formula is C8H15NO3. The van der Waals surface area contributed by atoms with E-state index in [9.17, 15) is 0 Å². The highest BCUT2D eigenvalue weighted by Crippen LogP contribution is 2.32. The Bertz CT molecular complexity index is 174. The predicted octanol–water partition coefficient (Wildman–Crippen LogP) is 0.382. The lowest BCUT2D eigenvalue weighted by atomic mass is 9.99. The molecular weight excluding hydrogens is 158 g/mol. The second-order valence-electron chi connectivity index (χ2n) is 3.74. The standard InChI is InChI=1S/C8H15NO3/c1-5-4-6(9(2)3)7-8(10-5)12-11-7/h5-8H,4H2,1-3H3. The average Bonchev–Trinajstić information content (AvgIpc) is 1.95. The first-order chi connectivity index (χ1) is 5.68. The molecule has 0 aromatic heterocycles. The van der Waals surface area contributed by atoms with Gasteiger partial charge in [0.15, 0.2) is 6.10 Å². The van der Waals surface area contributed by atoms with Gasteiger partial charge in [0.2, 0.25) is 6.29 Å². The molecule has 12 heavy (non-hydrogen) atoms. The van der Waals surface area contributed by atoms with Crippen LogP contribution in [0.15, 0.2) is 0 Å². The maximum Gasteiger partial charge on any atom is 0.222 e. The molecule has 4 unspecified atom stereocenters. The third-order valence-electron chi connectivity index (χ3n) is 2.51. The number of ether oxygens (including phenoxy) is 1. The molecule has 0 spiro atoms. The lowest BCUT2D eigenvalue weighted by Crippen LogP contribution is -2.61. The van der Waals surface area contributed by atoms with Crippen molar-refractivity contribution in [2.45, 2.75) is 37.9 Å². The van der Waals surface area contributed by atoms with E-state index in [2.05, 4.69) is 25.9 Å². The maximum atomic E-state index is 5.49. The summed E-state index contributed by atoms with van der Waals surface area (Å²) in [5.74, 6) is 0. The van der Waals surface area contributed by atoms with E-state index in [1.807, 2.05) is 0 Å².